The van der Waals surface area contributed by atoms with Crippen LogP contribution < -0.4 is 5.32 Å². The number of nitrogens with one attached hydrogen (secondary N) is 1. The Labute approximate surface area is 108 Å². The maximum Gasteiger partial charge on any atom is 0.253 e. The summed E-state index contributed by atoms with van der Waals surface area (Å²) in [6, 6.07) is 3.02. The summed E-state index contributed by atoms with van der Waals surface area (Å²) in [5, 5.41) is 2.70. The lowest BCUT2D eigenvalue weighted by atomic mass is 10.2. The van der Waals surface area contributed by atoms with E-state index >= 15 is 0 Å². The first kappa shape index (κ1) is 12.5. The van der Waals surface area contributed by atoms with Crippen molar-refractivity contribution in [1.82, 2.24) is 10.3 Å². The number of aromatic nitrogens is 1. The Bertz CT molecular complexity index is 527. The summed E-state index contributed by atoms with van der Waals surface area (Å²) in [6.07, 6.45) is 1.93. The van der Waals surface area contributed by atoms with Crippen LogP contribution in [0.2, 0.25) is 0 Å². The Morgan fingerprint density at radius 3 is 2.76 bits per heavy atom. The van der Waals surface area contributed by atoms with Crippen molar-refractivity contribution in [2.45, 2.75) is 12.5 Å². The lowest BCUT2D eigenvalue weighted by Crippen LogP contribution is -2.35. The highest BCUT2D eigenvalue weighted by Crippen LogP contribution is 2.12. The molecule has 0 spiro atoms. The number of amides is 1. The predicted octanol–water partition coefficient (Wildman–Crippen LogP) is 0.761. The van der Waals surface area contributed by atoms with Crippen molar-refractivity contribution in [3.05, 3.63) is 28.5 Å². The average Bonchev–Trinajstić information content (AvgIpc) is 2.59. The Balaban J connectivity index is 2.01. The van der Waals surface area contributed by atoms with E-state index in [1.165, 1.54) is 6.20 Å². The average molecular weight is 319 g/mol. The molecule has 0 aliphatic carbocycles. The van der Waals surface area contributed by atoms with Gasteiger partial charge in [-0.25, -0.2) is 13.4 Å². The molecule has 1 aliphatic rings. The van der Waals surface area contributed by atoms with Crippen molar-refractivity contribution in [3.8, 4) is 0 Å². The molecule has 1 fully saturated rings. The highest BCUT2D eigenvalue weighted by atomic mass is 79.9. The smallest absolute Gasteiger partial charge is 0.253 e. The minimum absolute atomic E-state index is 0.0305. The van der Waals surface area contributed by atoms with E-state index in [2.05, 4.69) is 26.2 Å². The molecule has 1 aromatic heterocycles. The highest BCUT2D eigenvalue weighted by molar-refractivity contribution is 9.10. The van der Waals surface area contributed by atoms with E-state index in [0.29, 0.717) is 16.6 Å². The molecule has 0 saturated carbocycles. The number of hydrogen-bond acceptors (Lipinski definition) is 4. The van der Waals surface area contributed by atoms with Gasteiger partial charge in [0.1, 0.15) is 4.60 Å². The number of rotatable bonds is 2. The van der Waals surface area contributed by atoms with Crippen LogP contribution in [-0.4, -0.2) is 36.9 Å². The molecule has 7 heteroatoms. The number of nitrogens with zero attached hydrogens (tertiary/aromatic N) is 1. The van der Waals surface area contributed by atoms with E-state index in [1.54, 1.807) is 12.1 Å². The van der Waals surface area contributed by atoms with Crippen molar-refractivity contribution < 1.29 is 13.2 Å². The third-order valence-corrected chi connectivity index (χ3v) is 4.79. The number of carbonyl (C=O) groups is 1. The van der Waals surface area contributed by atoms with E-state index in [-0.39, 0.29) is 23.5 Å². The van der Waals surface area contributed by atoms with E-state index < -0.39 is 9.84 Å². The lowest BCUT2D eigenvalue weighted by Gasteiger charge is -2.10. The minimum Gasteiger partial charge on any atom is -0.348 e. The van der Waals surface area contributed by atoms with Gasteiger partial charge >= 0.3 is 0 Å². The van der Waals surface area contributed by atoms with E-state index in [0.717, 1.165) is 0 Å². The van der Waals surface area contributed by atoms with Crippen LogP contribution in [-0.2, 0) is 9.84 Å². The van der Waals surface area contributed by atoms with E-state index in [9.17, 15) is 13.2 Å². The molecule has 2 heterocycles. The number of carbonyl (C=O) groups excluding carboxylic acids is 1. The summed E-state index contributed by atoms with van der Waals surface area (Å²) in [5.41, 5.74) is 0.428. The SMILES string of the molecule is O=C(NC1CCS(=O)(=O)C1)c1ccc(Br)nc1. The van der Waals surface area contributed by atoms with Crippen LogP contribution in [0, 0.1) is 0 Å². The molecule has 1 atom stereocenters. The lowest BCUT2D eigenvalue weighted by molar-refractivity contribution is 0.0941. The second-order valence-electron chi connectivity index (χ2n) is 3.94. The van der Waals surface area contributed by atoms with Crippen LogP contribution in [0.15, 0.2) is 22.9 Å². The monoisotopic (exact) mass is 318 g/mol. The van der Waals surface area contributed by atoms with E-state index in [1.807, 2.05) is 0 Å². The third-order valence-electron chi connectivity index (χ3n) is 2.56. The van der Waals surface area contributed by atoms with E-state index in [4.69, 9.17) is 0 Å². The van der Waals surface area contributed by atoms with Gasteiger partial charge in [-0.1, -0.05) is 0 Å². The fraction of sp³-hybridized carbons (Fsp3) is 0.400. The molecule has 0 radical (unpaired) electrons. The molecule has 17 heavy (non-hydrogen) atoms. The topological polar surface area (TPSA) is 76.1 Å². The largest absolute Gasteiger partial charge is 0.348 e. The van der Waals surface area contributed by atoms with Crippen molar-refractivity contribution in [2.75, 3.05) is 11.5 Å². The first-order valence-corrected chi connectivity index (χ1v) is 7.70. The maximum absolute atomic E-state index is 11.8. The Morgan fingerprint density at radius 2 is 2.24 bits per heavy atom. The minimum atomic E-state index is -2.97. The Morgan fingerprint density at radius 1 is 1.47 bits per heavy atom. The molecule has 1 unspecified atom stereocenters. The van der Waals surface area contributed by atoms with Gasteiger partial charge in [0.05, 0.1) is 17.1 Å². The molecule has 1 aliphatic heterocycles. The van der Waals surface area contributed by atoms with Crippen molar-refractivity contribution in [3.63, 3.8) is 0 Å². The summed E-state index contributed by atoms with van der Waals surface area (Å²) in [4.78, 5) is 15.7. The molecule has 1 amide bonds. The first-order valence-electron chi connectivity index (χ1n) is 5.09. The fourth-order valence-electron chi connectivity index (χ4n) is 1.69. The zero-order chi connectivity index (χ0) is 12.5. The molecule has 92 valence electrons. The molecule has 2 rings (SSSR count). The van der Waals surface area contributed by atoms with Crippen LogP contribution in [0.5, 0.6) is 0 Å². The fourth-order valence-corrected chi connectivity index (χ4v) is 3.60. The van der Waals surface area contributed by atoms with Gasteiger partial charge < -0.3 is 5.32 Å². The van der Waals surface area contributed by atoms with Gasteiger partial charge in [0, 0.05) is 12.2 Å². The highest BCUT2D eigenvalue weighted by Gasteiger charge is 2.29. The first-order chi connectivity index (χ1) is 7.96. The molecular weight excluding hydrogens is 308 g/mol. The van der Waals surface area contributed by atoms with Crippen LogP contribution in [0.3, 0.4) is 0 Å². The van der Waals surface area contributed by atoms with Gasteiger partial charge in [-0.2, -0.15) is 0 Å². The molecule has 0 bridgehead atoms. The molecule has 5 nitrogen and oxygen atoms in total. The number of pyridine rings is 1. The van der Waals surface area contributed by atoms with Crippen molar-refractivity contribution >= 4 is 31.7 Å². The van der Waals surface area contributed by atoms with Gasteiger partial charge in [0.15, 0.2) is 9.84 Å². The number of halogens is 1. The quantitative estimate of drug-likeness (QED) is 0.817. The molecule has 1 N–H and O–H groups in total. The summed E-state index contributed by atoms with van der Waals surface area (Å²) in [6.45, 7) is 0. The van der Waals surface area contributed by atoms with Gasteiger partial charge in [-0.3, -0.25) is 4.79 Å². The summed E-state index contributed by atoms with van der Waals surface area (Å²) in [5.74, 6) is -0.105. The van der Waals surface area contributed by atoms with Gasteiger partial charge in [-0.15, -0.1) is 0 Å². The number of sulfone groups is 1. The molecule has 1 saturated heterocycles. The molecular formula is C10H11BrN2O3S. The Kier molecular flexibility index (Phi) is 3.48. The van der Waals surface area contributed by atoms with Gasteiger partial charge in [0.2, 0.25) is 0 Å². The van der Waals surface area contributed by atoms with Gasteiger partial charge in [0.25, 0.3) is 5.91 Å². The summed E-state index contributed by atoms with van der Waals surface area (Å²) < 4.78 is 23.1. The second-order valence-corrected chi connectivity index (χ2v) is 6.98. The number of hydrogen-bond donors (Lipinski definition) is 1. The summed E-state index contributed by atoms with van der Waals surface area (Å²) >= 11 is 3.18. The Hall–Kier alpha value is -0.950. The normalized spacial score (nSPS) is 22.3. The van der Waals surface area contributed by atoms with Crippen LogP contribution in [0.4, 0.5) is 0 Å². The predicted molar refractivity (Wildman–Crippen MR) is 66.5 cm³/mol. The molecule has 0 aromatic carbocycles. The maximum atomic E-state index is 11.8. The summed E-state index contributed by atoms with van der Waals surface area (Å²) in [7, 11) is -2.97. The van der Waals surface area contributed by atoms with Crippen molar-refractivity contribution in [2.24, 2.45) is 0 Å². The zero-order valence-electron chi connectivity index (χ0n) is 8.89. The van der Waals surface area contributed by atoms with Crippen LogP contribution >= 0.6 is 15.9 Å². The standard InChI is InChI=1S/C10H11BrN2O3S/c11-9-2-1-7(5-12-9)10(14)13-8-3-4-17(15,16)6-8/h1-2,5,8H,3-4,6H2,(H,13,14). The van der Waals surface area contributed by atoms with Crippen LogP contribution in [0.25, 0.3) is 0 Å². The third kappa shape index (κ3) is 3.26. The van der Waals surface area contributed by atoms with Gasteiger partial charge in [-0.05, 0) is 34.5 Å². The van der Waals surface area contributed by atoms with Crippen LogP contribution in [0.1, 0.15) is 16.8 Å². The van der Waals surface area contributed by atoms with Crippen molar-refractivity contribution in [1.29, 1.82) is 0 Å². The second kappa shape index (κ2) is 4.73. The molecule has 1 aromatic rings. The zero-order valence-corrected chi connectivity index (χ0v) is 11.3.